The first-order valence-corrected chi connectivity index (χ1v) is 15.0. The van der Waals surface area contributed by atoms with Gasteiger partial charge in [0.15, 0.2) is 23.2 Å². The maximum atomic E-state index is 14.8. The van der Waals surface area contributed by atoms with E-state index in [-0.39, 0.29) is 29.2 Å². The van der Waals surface area contributed by atoms with E-state index in [0.717, 1.165) is 48.3 Å². The van der Waals surface area contributed by atoms with Gasteiger partial charge in [-0.15, -0.1) is 0 Å². The maximum Gasteiger partial charge on any atom is 0.254 e. The number of piperidine rings is 1. The first-order valence-electron chi connectivity index (χ1n) is 15.0. The Morgan fingerprint density at radius 3 is 2.61 bits per heavy atom. The zero-order valence-electron chi connectivity index (χ0n) is 24.4. The van der Waals surface area contributed by atoms with Crippen LogP contribution in [0.5, 0.6) is 11.5 Å². The molecular weight excluding hydrogens is 566 g/mol. The number of pyridine rings is 1. The molecule has 44 heavy (non-hydrogen) atoms. The van der Waals surface area contributed by atoms with Gasteiger partial charge in [0.25, 0.3) is 5.91 Å². The lowest BCUT2D eigenvalue weighted by molar-refractivity contribution is 0.0700. The van der Waals surface area contributed by atoms with Gasteiger partial charge in [-0.2, -0.15) is 0 Å². The number of halogens is 2. The summed E-state index contributed by atoms with van der Waals surface area (Å²) in [6, 6.07) is 11.5. The number of phenols is 1. The Morgan fingerprint density at radius 2 is 1.91 bits per heavy atom. The van der Waals surface area contributed by atoms with Gasteiger partial charge >= 0.3 is 0 Å². The Morgan fingerprint density at radius 1 is 1.09 bits per heavy atom. The number of aromatic hydroxyl groups is 1. The van der Waals surface area contributed by atoms with E-state index in [9.17, 15) is 18.7 Å². The van der Waals surface area contributed by atoms with Crippen molar-refractivity contribution < 1.29 is 23.4 Å². The summed E-state index contributed by atoms with van der Waals surface area (Å²) in [7, 11) is 3.51. The van der Waals surface area contributed by atoms with Gasteiger partial charge in [0.05, 0.1) is 24.0 Å². The SMILES string of the molecule is COc1cc(C(=O)N2CC3CCC2[C@@H]3N)cc2nc(-c3cc4ccc(-c5ccc(F)c(O)c5F)nc4n3CC3CC3)n(C)c12. The number of nitrogens with two attached hydrogens (primary N) is 1. The van der Waals surface area contributed by atoms with Gasteiger partial charge in [0.1, 0.15) is 16.9 Å². The molecule has 2 unspecified atom stereocenters. The van der Waals surface area contributed by atoms with E-state index in [1.807, 2.05) is 34.7 Å². The molecule has 5 aromatic rings. The minimum atomic E-state index is -1.05. The van der Waals surface area contributed by atoms with Crippen LogP contribution in [0.4, 0.5) is 8.78 Å². The lowest BCUT2D eigenvalue weighted by Crippen LogP contribution is -2.41. The van der Waals surface area contributed by atoms with Crippen LogP contribution >= 0.6 is 0 Å². The van der Waals surface area contributed by atoms with Gasteiger partial charge in [-0.25, -0.2) is 18.7 Å². The van der Waals surface area contributed by atoms with Gasteiger partial charge < -0.3 is 29.6 Å². The van der Waals surface area contributed by atoms with Crippen molar-refractivity contribution in [1.29, 1.82) is 0 Å². The fraction of sp³-hybridized carbons (Fsp3) is 0.364. The van der Waals surface area contributed by atoms with Crippen LogP contribution < -0.4 is 10.5 Å². The molecule has 2 aliphatic carbocycles. The second-order valence-electron chi connectivity index (χ2n) is 12.4. The van der Waals surface area contributed by atoms with Gasteiger partial charge in [0, 0.05) is 48.7 Å². The molecule has 3 fully saturated rings. The molecule has 3 N–H and O–H groups in total. The molecule has 8 rings (SSSR count). The predicted molar refractivity (Wildman–Crippen MR) is 161 cm³/mol. The zero-order chi connectivity index (χ0) is 30.4. The zero-order valence-corrected chi connectivity index (χ0v) is 24.4. The average molecular weight is 599 g/mol. The molecule has 2 saturated carbocycles. The molecule has 0 spiro atoms. The molecule has 3 atom stereocenters. The number of hydrogen-bond donors (Lipinski definition) is 2. The minimum Gasteiger partial charge on any atom is -0.503 e. The summed E-state index contributed by atoms with van der Waals surface area (Å²) in [5.74, 6) is -1.09. The topological polar surface area (TPSA) is 111 Å². The lowest BCUT2D eigenvalue weighted by Gasteiger charge is -2.27. The average Bonchev–Trinajstić information content (AvgIpc) is 3.43. The number of hydrogen-bond acceptors (Lipinski definition) is 6. The largest absolute Gasteiger partial charge is 0.503 e. The highest BCUT2D eigenvalue weighted by Crippen LogP contribution is 2.40. The molecule has 2 bridgehead atoms. The molecule has 3 aromatic heterocycles. The van der Waals surface area contributed by atoms with Gasteiger partial charge in [-0.3, -0.25) is 4.79 Å². The van der Waals surface area contributed by atoms with Crippen LogP contribution in [0, 0.1) is 23.5 Å². The van der Waals surface area contributed by atoms with Crippen molar-refractivity contribution in [3.8, 4) is 34.3 Å². The Labute approximate surface area is 251 Å². The number of carbonyl (C=O) groups is 1. The molecule has 3 aliphatic rings. The monoisotopic (exact) mass is 598 g/mol. The smallest absolute Gasteiger partial charge is 0.254 e. The van der Waals surface area contributed by atoms with Crippen molar-refractivity contribution in [1.82, 2.24) is 24.0 Å². The number of rotatable bonds is 6. The summed E-state index contributed by atoms with van der Waals surface area (Å²) in [5, 5.41) is 10.7. The number of methoxy groups -OCH3 is 1. The molecule has 9 nitrogen and oxygen atoms in total. The molecule has 1 aliphatic heterocycles. The van der Waals surface area contributed by atoms with Crippen molar-refractivity contribution in [3.05, 3.63) is 59.7 Å². The molecule has 1 amide bonds. The van der Waals surface area contributed by atoms with E-state index >= 15 is 0 Å². The van der Waals surface area contributed by atoms with E-state index in [1.165, 1.54) is 6.07 Å². The number of likely N-dealkylation sites (tertiary alicyclic amines) is 1. The minimum absolute atomic E-state index is 0.0170. The summed E-state index contributed by atoms with van der Waals surface area (Å²) < 4.78 is 38.4. The molecule has 226 valence electrons. The second kappa shape index (κ2) is 9.75. The molecule has 4 heterocycles. The maximum absolute atomic E-state index is 14.8. The van der Waals surface area contributed by atoms with Gasteiger partial charge in [-0.1, -0.05) is 0 Å². The highest BCUT2D eigenvalue weighted by Gasteiger charge is 2.47. The number of ether oxygens (including phenoxy) is 1. The van der Waals surface area contributed by atoms with Gasteiger partial charge in [0.2, 0.25) is 0 Å². The number of fused-ring (bicyclic) bond motifs is 4. The summed E-state index contributed by atoms with van der Waals surface area (Å²) in [6.45, 7) is 1.38. The summed E-state index contributed by atoms with van der Waals surface area (Å²) >= 11 is 0. The van der Waals surface area contributed by atoms with Crippen molar-refractivity contribution in [2.75, 3.05) is 13.7 Å². The third-order valence-electron chi connectivity index (χ3n) is 9.77. The first kappa shape index (κ1) is 27.1. The van der Waals surface area contributed by atoms with Crippen molar-refractivity contribution >= 4 is 28.0 Å². The molecule has 11 heteroatoms. The standard InChI is InChI=1S/C33H32F2N6O3/c1-39-29-23(11-19(13-26(29)44-2)33(43)41-15-18-6-10-24(41)28(18)36)38-32(39)25-12-17-5-9-22(20-7-8-21(34)30(42)27(20)35)37-31(17)40(25)14-16-3-4-16/h5,7-9,11-13,16,18,24,28,42H,3-4,6,10,14-15,36H2,1-2H3/t18?,24?,28-/m1/s1. The molecular formula is C33H32F2N6O3. The highest BCUT2D eigenvalue weighted by atomic mass is 19.1. The highest BCUT2D eigenvalue weighted by molar-refractivity contribution is 6.00. The van der Waals surface area contributed by atoms with Crippen molar-refractivity contribution in [3.63, 3.8) is 0 Å². The summed E-state index contributed by atoms with van der Waals surface area (Å²) in [6.07, 6.45) is 4.20. The number of nitrogens with zero attached hydrogens (tertiary/aromatic N) is 5. The third kappa shape index (κ3) is 4.02. The van der Waals surface area contributed by atoms with Crippen LogP contribution in [-0.4, -0.2) is 60.8 Å². The van der Waals surface area contributed by atoms with E-state index in [4.69, 9.17) is 20.4 Å². The van der Waals surface area contributed by atoms with Crippen LogP contribution in [-0.2, 0) is 13.6 Å². The summed E-state index contributed by atoms with van der Waals surface area (Å²) in [4.78, 5) is 25.4. The van der Waals surface area contributed by atoms with Crippen molar-refractivity contribution in [2.45, 2.75) is 44.3 Å². The Hall–Kier alpha value is -4.51. The van der Waals surface area contributed by atoms with Crippen LogP contribution in [0.2, 0.25) is 0 Å². The lowest BCUT2D eigenvalue weighted by atomic mass is 10.1. The number of phenolic OH excluding ortho intramolecular Hbond substituents is 1. The Balaban J connectivity index is 1.25. The fourth-order valence-corrected chi connectivity index (χ4v) is 7.21. The first-order chi connectivity index (χ1) is 21.2. The van der Waals surface area contributed by atoms with Gasteiger partial charge in [-0.05, 0) is 80.0 Å². The van der Waals surface area contributed by atoms with E-state index < -0.39 is 17.4 Å². The van der Waals surface area contributed by atoms with Crippen molar-refractivity contribution in [2.24, 2.45) is 24.6 Å². The third-order valence-corrected chi connectivity index (χ3v) is 9.77. The molecule has 1 saturated heterocycles. The quantitative estimate of drug-likeness (QED) is 0.277. The van der Waals surface area contributed by atoms with E-state index in [0.29, 0.717) is 53.2 Å². The van der Waals surface area contributed by atoms with Crippen LogP contribution in [0.25, 0.3) is 44.8 Å². The fourth-order valence-electron chi connectivity index (χ4n) is 7.21. The van der Waals surface area contributed by atoms with Crippen LogP contribution in [0.3, 0.4) is 0 Å². The Bertz CT molecular complexity index is 2000. The number of aryl methyl sites for hydroxylation is 1. The molecule has 2 aromatic carbocycles. The number of imidazole rings is 1. The Kier molecular flexibility index (Phi) is 6.00. The molecule has 0 radical (unpaired) electrons. The number of aromatic nitrogens is 4. The van der Waals surface area contributed by atoms with E-state index in [2.05, 4.69) is 4.57 Å². The summed E-state index contributed by atoms with van der Waals surface area (Å²) in [5.41, 5.74) is 10.1. The number of carbonyl (C=O) groups excluding carboxylic acids is 1. The second-order valence-corrected chi connectivity index (χ2v) is 12.4. The number of amides is 1. The van der Waals surface area contributed by atoms with Crippen LogP contribution in [0.1, 0.15) is 36.0 Å². The number of benzene rings is 2. The van der Waals surface area contributed by atoms with E-state index in [1.54, 1.807) is 19.2 Å². The van der Waals surface area contributed by atoms with Crippen LogP contribution in [0.15, 0.2) is 42.5 Å². The normalized spacial score (nSPS) is 21.2. The predicted octanol–water partition coefficient (Wildman–Crippen LogP) is 5.22.